The van der Waals surface area contributed by atoms with E-state index in [0.717, 1.165) is 11.3 Å². The molecule has 0 fully saturated rings. The first-order valence-electron chi connectivity index (χ1n) is 10.7. The molecule has 1 unspecified atom stereocenters. The van der Waals surface area contributed by atoms with E-state index >= 15 is 0 Å². The van der Waals surface area contributed by atoms with Crippen molar-refractivity contribution >= 4 is 29.1 Å². The molecule has 8 nitrogen and oxygen atoms in total. The standard InChI is InChI=1S/C24H25N5O3S/c1-3-13-28-16-25-24-26-18(14-22(30)29(24)28)15-33-21-12-8-7-11-20(21)27-23(31)17(2)32-19-9-5-4-6-10-19/h4-12,14,16-17H,3,13,15H2,1-2H3,(H,27,31). The Morgan fingerprint density at radius 2 is 1.91 bits per heavy atom. The van der Waals surface area contributed by atoms with Crippen LogP contribution < -0.4 is 15.6 Å². The monoisotopic (exact) mass is 463 g/mol. The number of nitrogens with zero attached hydrogens (tertiary/aromatic N) is 4. The van der Waals surface area contributed by atoms with Gasteiger partial charge < -0.3 is 10.1 Å². The summed E-state index contributed by atoms with van der Waals surface area (Å²) >= 11 is 1.49. The van der Waals surface area contributed by atoms with E-state index in [1.54, 1.807) is 17.9 Å². The van der Waals surface area contributed by atoms with Gasteiger partial charge in [0.1, 0.15) is 12.1 Å². The summed E-state index contributed by atoms with van der Waals surface area (Å²) in [4.78, 5) is 34.9. The largest absolute Gasteiger partial charge is 0.481 e. The number of nitrogens with one attached hydrogen (secondary N) is 1. The lowest BCUT2D eigenvalue weighted by atomic mass is 10.3. The molecule has 0 aliphatic carbocycles. The maximum absolute atomic E-state index is 12.7. The Balaban J connectivity index is 1.45. The van der Waals surface area contributed by atoms with Crippen molar-refractivity contribution in [2.45, 2.75) is 43.6 Å². The molecule has 0 bridgehead atoms. The van der Waals surface area contributed by atoms with Crippen LogP contribution in [-0.2, 0) is 17.1 Å². The van der Waals surface area contributed by atoms with Crippen LogP contribution in [0.4, 0.5) is 5.69 Å². The van der Waals surface area contributed by atoms with Crippen molar-refractivity contribution in [1.29, 1.82) is 0 Å². The average Bonchev–Trinajstić information content (AvgIpc) is 3.22. The Morgan fingerprint density at radius 3 is 2.70 bits per heavy atom. The molecule has 0 spiro atoms. The van der Waals surface area contributed by atoms with Crippen molar-refractivity contribution in [2.75, 3.05) is 5.32 Å². The van der Waals surface area contributed by atoms with Crippen LogP contribution in [0.2, 0.25) is 0 Å². The number of hydrogen-bond acceptors (Lipinski definition) is 6. The van der Waals surface area contributed by atoms with E-state index < -0.39 is 6.10 Å². The van der Waals surface area contributed by atoms with E-state index in [4.69, 9.17) is 4.74 Å². The van der Waals surface area contributed by atoms with Crippen LogP contribution in [0.3, 0.4) is 0 Å². The fourth-order valence-corrected chi connectivity index (χ4v) is 4.21. The third-order valence-electron chi connectivity index (χ3n) is 4.89. The molecule has 4 aromatic rings. The highest BCUT2D eigenvalue weighted by atomic mass is 32.2. The van der Waals surface area contributed by atoms with E-state index in [1.807, 2.05) is 61.5 Å². The van der Waals surface area contributed by atoms with Crippen LogP contribution in [0, 0.1) is 0 Å². The number of aromatic nitrogens is 4. The van der Waals surface area contributed by atoms with Gasteiger partial charge in [-0.1, -0.05) is 37.3 Å². The molecule has 0 saturated heterocycles. The van der Waals surface area contributed by atoms with E-state index in [9.17, 15) is 9.59 Å². The SMILES string of the molecule is CCCn1cnc2nc(CSc3ccccc3NC(=O)C(C)Oc3ccccc3)cc(=O)n21. The Bertz CT molecular complexity index is 1300. The van der Waals surface area contributed by atoms with Gasteiger partial charge in [0.25, 0.3) is 17.2 Å². The minimum absolute atomic E-state index is 0.157. The molecule has 2 aromatic heterocycles. The second-order valence-electron chi connectivity index (χ2n) is 7.45. The molecule has 1 atom stereocenters. The van der Waals surface area contributed by atoms with Gasteiger partial charge in [0.2, 0.25) is 0 Å². The molecule has 0 saturated carbocycles. The lowest BCUT2D eigenvalue weighted by Gasteiger charge is -2.16. The molecular weight excluding hydrogens is 438 g/mol. The number of carbonyl (C=O) groups excluding carboxylic acids is 1. The number of rotatable bonds is 9. The average molecular weight is 464 g/mol. The zero-order valence-electron chi connectivity index (χ0n) is 18.5. The van der Waals surface area contributed by atoms with Crippen molar-refractivity contribution in [3.05, 3.63) is 83.0 Å². The summed E-state index contributed by atoms with van der Waals surface area (Å²) in [5, 5.41) is 2.94. The van der Waals surface area contributed by atoms with Gasteiger partial charge in [0, 0.05) is 23.3 Å². The summed E-state index contributed by atoms with van der Waals surface area (Å²) < 4.78 is 8.97. The maximum atomic E-state index is 12.7. The molecule has 0 aliphatic heterocycles. The van der Waals surface area contributed by atoms with Gasteiger partial charge in [-0.25, -0.2) is 4.98 Å². The number of fused-ring (bicyclic) bond motifs is 1. The van der Waals surface area contributed by atoms with Crippen LogP contribution in [0.5, 0.6) is 5.75 Å². The summed E-state index contributed by atoms with van der Waals surface area (Å²) in [6, 6.07) is 18.3. The molecule has 9 heteroatoms. The number of ether oxygens (including phenoxy) is 1. The number of hydrogen-bond donors (Lipinski definition) is 1. The van der Waals surface area contributed by atoms with E-state index in [2.05, 4.69) is 15.3 Å². The minimum Gasteiger partial charge on any atom is -0.481 e. The second-order valence-corrected chi connectivity index (χ2v) is 8.47. The molecule has 1 amide bonds. The van der Waals surface area contributed by atoms with Gasteiger partial charge in [0.15, 0.2) is 6.10 Å². The molecule has 0 aliphatic rings. The first kappa shape index (κ1) is 22.6. The fraction of sp³-hybridized carbons (Fsp3) is 0.250. The van der Waals surface area contributed by atoms with Gasteiger partial charge in [-0.2, -0.15) is 9.50 Å². The van der Waals surface area contributed by atoms with Gasteiger partial charge in [-0.15, -0.1) is 11.8 Å². The van der Waals surface area contributed by atoms with E-state index in [0.29, 0.717) is 35.2 Å². The number of benzene rings is 2. The number of thioether (sulfide) groups is 1. The predicted molar refractivity (Wildman–Crippen MR) is 129 cm³/mol. The molecule has 1 N–H and O–H groups in total. The quantitative estimate of drug-likeness (QED) is 0.377. The summed E-state index contributed by atoms with van der Waals surface area (Å²) in [7, 11) is 0. The second kappa shape index (κ2) is 10.4. The summed E-state index contributed by atoms with van der Waals surface area (Å²) in [5.74, 6) is 1.25. The van der Waals surface area contributed by atoms with Crippen LogP contribution in [0.15, 0.2) is 76.7 Å². The first-order chi connectivity index (χ1) is 16.0. The Labute approximate surface area is 195 Å². The van der Waals surface area contributed by atoms with Crippen molar-refractivity contribution in [1.82, 2.24) is 19.2 Å². The third-order valence-corrected chi connectivity index (χ3v) is 6.00. The third kappa shape index (κ3) is 5.43. The zero-order valence-corrected chi connectivity index (χ0v) is 19.3. The Morgan fingerprint density at radius 1 is 1.15 bits per heavy atom. The van der Waals surface area contributed by atoms with E-state index in [1.165, 1.54) is 22.3 Å². The molecule has 4 rings (SSSR count). The van der Waals surface area contributed by atoms with Crippen molar-refractivity contribution in [3.63, 3.8) is 0 Å². The molecular formula is C24H25N5O3S. The highest BCUT2D eigenvalue weighted by molar-refractivity contribution is 7.98. The zero-order chi connectivity index (χ0) is 23.2. The molecule has 2 aromatic carbocycles. The number of carbonyl (C=O) groups is 1. The minimum atomic E-state index is -0.659. The fourth-order valence-electron chi connectivity index (χ4n) is 3.30. The summed E-state index contributed by atoms with van der Waals surface area (Å²) in [6.07, 6.45) is 1.87. The number of para-hydroxylation sites is 2. The maximum Gasteiger partial charge on any atom is 0.274 e. The lowest BCUT2D eigenvalue weighted by Crippen LogP contribution is -2.30. The van der Waals surface area contributed by atoms with Gasteiger partial charge in [-0.05, 0) is 37.6 Å². The Hall–Kier alpha value is -3.59. The highest BCUT2D eigenvalue weighted by Crippen LogP contribution is 2.29. The molecule has 33 heavy (non-hydrogen) atoms. The Kier molecular flexibility index (Phi) is 7.09. The van der Waals surface area contributed by atoms with Crippen LogP contribution in [0.1, 0.15) is 26.0 Å². The summed E-state index contributed by atoms with van der Waals surface area (Å²) in [6.45, 7) is 4.45. The van der Waals surface area contributed by atoms with Crippen LogP contribution in [-0.4, -0.2) is 31.2 Å². The van der Waals surface area contributed by atoms with Gasteiger partial charge in [-0.3, -0.25) is 14.3 Å². The van der Waals surface area contributed by atoms with Crippen LogP contribution >= 0.6 is 11.8 Å². The summed E-state index contributed by atoms with van der Waals surface area (Å²) in [5.41, 5.74) is 1.16. The molecule has 0 radical (unpaired) electrons. The molecule has 2 heterocycles. The van der Waals surface area contributed by atoms with Crippen molar-refractivity contribution in [2.24, 2.45) is 0 Å². The number of aryl methyl sites for hydroxylation is 1. The molecule has 170 valence electrons. The van der Waals surface area contributed by atoms with Crippen LogP contribution in [0.25, 0.3) is 5.78 Å². The van der Waals surface area contributed by atoms with Gasteiger partial charge in [0.05, 0.1) is 11.4 Å². The van der Waals surface area contributed by atoms with E-state index in [-0.39, 0.29) is 11.5 Å². The normalized spacial score (nSPS) is 11.9. The first-order valence-corrected chi connectivity index (χ1v) is 11.7. The number of amides is 1. The smallest absolute Gasteiger partial charge is 0.274 e. The highest BCUT2D eigenvalue weighted by Gasteiger charge is 2.17. The topological polar surface area (TPSA) is 90.5 Å². The lowest BCUT2D eigenvalue weighted by molar-refractivity contribution is -0.122. The predicted octanol–water partition coefficient (Wildman–Crippen LogP) is 4.00. The van der Waals surface area contributed by atoms with Crippen molar-refractivity contribution in [3.8, 4) is 5.75 Å². The van der Waals surface area contributed by atoms with Gasteiger partial charge >= 0.3 is 0 Å². The van der Waals surface area contributed by atoms with Crippen molar-refractivity contribution < 1.29 is 9.53 Å². The number of anilines is 1.